The van der Waals surface area contributed by atoms with Crippen LogP contribution in [-0.2, 0) is 11.4 Å². The molecule has 0 aliphatic rings. The van der Waals surface area contributed by atoms with Gasteiger partial charge in [-0.15, -0.1) is 0 Å². The van der Waals surface area contributed by atoms with Crippen LogP contribution in [0.4, 0.5) is 0 Å². The van der Waals surface area contributed by atoms with Crippen molar-refractivity contribution in [1.29, 1.82) is 0 Å². The van der Waals surface area contributed by atoms with Crippen molar-refractivity contribution in [3.05, 3.63) is 29.6 Å². The fourth-order valence-corrected chi connectivity index (χ4v) is 1.83. The summed E-state index contributed by atoms with van der Waals surface area (Å²) in [6.07, 6.45) is -2.22. The molecule has 1 aromatic rings. The molecule has 0 aliphatic carbocycles. The highest BCUT2D eigenvalue weighted by atomic mass is 32.2. The number of pyridine rings is 1. The van der Waals surface area contributed by atoms with Gasteiger partial charge < -0.3 is 15.3 Å². The van der Waals surface area contributed by atoms with Gasteiger partial charge in [-0.25, -0.2) is 0 Å². The summed E-state index contributed by atoms with van der Waals surface area (Å²) in [6.45, 7) is 1.17. The number of carbonyl (C=O) groups is 1. The Labute approximate surface area is 104 Å². The number of aliphatic hydroxyl groups is 3. The average molecular weight is 257 g/mol. The molecule has 2 atom stereocenters. The summed E-state index contributed by atoms with van der Waals surface area (Å²) in [5, 5.41) is 28.2. The SMILES string of the molecule is CC(=O)SCC(O)C(O)c1cccc(CO)n1. The Morgan fingerprint density at radius 2 is 2.18 bits per heavy atom. The maximum Gasteiger partial charge on any atom is 0.185 e. The molecule has 5 nitrogen and oxygen atoms in total. The summed E-state index contributed by atoms with van der Waals surface area (Å²) < 4.78 is 0. The largest absolute Gasteiger partial charge is 0.390 e. The summed E-state index contributed by atoms with van der Waals surface area (Å²) in [5.41, 5.74) is 0.709. The fourth-order valence-electron chi connectivity index (χ4n) is 1.24. The van der Waals surface area contributed by atoms with Crippen molar-refractivity contribution < 1.29 is 20.1 Å². The first-order valence-corrected chi connectivity index (χ1v) is 6.09. The Bertz CT molecular complexity index is 385. The molecule has 0 saturated heterocycles. The van der Waals surface area contributed by atoms with Gasteiger partial charge in [0.25, 0.3) is 0 Å². The third kappa shape index (κ3) is 4.43. The molecular weight excluding hydrogens is 242 g/mol. The van der Waals surface area contributed by atoms with Crippen LogP contribution in [0.15, 0.2) is 18.2 Å². The summed E-state index contributed by atoms with van der Waals surface area (Å²) in [4.78, 5) is 14.7. The first-order chi connectivity index (χ1) is 8.04. The predicted octanol–water partition coefficient (Wildman–Crippen LogP) is 0.248. The number of hydrogen-bond donors (Lipinski definition) is 3. The molecule has 1 rings (SSSR count). The second-order valence-electron chi connectivity index (χ2n) is 3.53. The van der Waals surface area contributed by atoms with E-state index in [4.69, 9.17) is 5.11 Å². The van der Waals surface area contributed by atoms with E-state index >= 15 is 0 Å². The summed E-state index contributed by atoms with van der Waals surface area (Å²) in [7, 11) is 0. The Morgan fingerprint density at radius 3 is 2.76 bits per heavy atom. The molecule has 0 bridgehead atoms. The van der Waals surface area contributed by atoms with Crippen molar-refractivity contribution in [2.24, 2.45) is 0 Å². The van der Waals surface area contributed by atoms with Crippen molar-refractivity contribution in [2.45, 2.75) is 25.7 Å². The number of thioether (sulfide) groups is 1. The summed E-state index contributed by atoms with van der Waals surface area (Å²) >= 11 is 0.946. The lowest BCUT2D eigenvalue weighted by atomic mass is 10.1. The highest BCUT2D eigenvalue weighted by molar-refractivity contribution is 8.13. The molecule has 1 aromatic heterocycles. The molecular formula is C11H15NO4S. The second-order valence-corrected chi connectivity index (χ2v) is 4.72. The van der Waals surface area contributed by atoms with Gasteiger partial charge in [0.05, 0.1) is 24.1 Å². The number of nitrogens with zero attached hydrogens (tertiary/aromatic N) is 1. The van der Waals surface area contributed by atoms with Crippen LogP contribution in [0.1, 0.15) is 24.4 Å². The lowest BCUT2D eigenvalue weighted by molar-refractivity contribution is -0.109. The van der Waals surface area contributed by atoms with Gasteiger partial charge in [0, 0.05) is 12.7 Å². The molecule has 1 heterocycles. The van der Waals surface area contributed by atoms with Gasteiger partial charge in [-0.1, -0.05) is 17.8 Å². The Hall–Kier alpha value is -0.950. The highest BCUT2D eigenvalue weighted by Gasteiger charge is 2.20. The molecule has 0 amide bonds. The third-order valence-electron chi connectivity index (χ3n) is 2.12. The molecule has 2 unspecified atom stereocenters. The number of aromatic nitrogens is 1. The molecule has 0 radical (unpaired) electrons. The maximum absolute atomic E-state index is 10.7. The normalized spacial score (nSPS) is 14.4. The minimum atomic E-state index is -1.16. The lowest BCUT2D eigenvalue weighted by Gasteiger charge is -2.16. The van der Waals surface area contributed by atoms with Crippen LogP contribution in [0.3, 0.4) is 0 Å². The fraction of sp³-hybridized carbons (Fsp3) is 0.455. The van der Waals surface area contributed by atoms with E-state index in [0.717, 1.165) is 11.8 Å². The smallest absolute Gasteiger partial charge is 0.185 e. The summed E-state index contributed by atoms with van der Waals surface area (Å²) in [5.74, 6) is 0.113. The standard InChI is InChI=1S/C11H15NO4S/c1-7(14)17-6-10(15)11(16)9-4-2-3-8(5-13)12-9/h2-4,10-11,13,15-16H,5-6H2,1H3. The average Bonchev–Trinajstić information content (AvgIpc) is 2.35. The molecule has 0 aromatic carbocycles. The van der Waals surface area contributed by atoms with Crippen LogP contribution < -0.4 is 0 Å². The first-order valence-electron chi connectivity index (χ1n) is 5.10. The molecule has 0 saturated carbocycles. The van der Waals surface area contributed by atoms with Gasteiger partial charge in [-0.3, -0.25) is 9.78 Å². The highest BCUT2D eigenvalue weighted by Crippen LogP contribution is 2.18. The van der Waals surface area contributed by atoms with E-state index in [-0.39, 0.29) is 23.2 Å². The number of rotatable bonds is 5. The lowest BCUT2D eigenvalue weighted by Crippen LogP contribution is -2.22. The Kier molecular flexibility index (Phi) is 5.57. The number of hydrogen-bond acceptors (Lipinski definition) is 6. The zero-order valence-corrected chi connectivity index (χ0v) is 10.2. The quantitative estimate of drug-likeness (QED) is 0.700. The van der Waals surface area contributed by atoms with Gasteiger partial charge in [0.15, 0.2) is 5.12 Å². The van der Waals surface area contributed by atoms with E-state index in [1.165, 1.54) is 6.92 Å². The van der Waals surface area contributed by atoms with Crippen molar-refractivity contribution in [3.8, 4) is 0 Å². The van der Waals surface area contributed by atoms with Crippen molar-refractivity contribution in [3.63, 3.8) is 0 Å². The number of carbonyl (C=O) groups excluding carboxylic acids is 1. The number of aliphatic hydroxyl groups excluding tert-OH is 3. The molecule has 6 heteroatoms. The molecule has 3 N–H and O–H groups in total. The minimum absolute atomic E-state index is 0.113. The van der Waals surface area contributed by atoms with Gasteiger partial charge in [0.2, 0.25) is 0 Å². The minimum Gasteiger partial charge on any atom is -0.390 e. The summed E-state index contributed by atoms with van der Waals surface area (Å²) in [6, 6.07) is 4.82. The van der Waals surface area contributed by atoms with Gasteiger partial charge in [-0.05, 0) is 12.1 Å². The van der Waals surface area contributed by atoms with Crippen LogP contribution in [0.5, 0.6) is 0 Å². The zero-order chi connectivity index (χ0) is 12.8. The van der Waals surface area contributed by atoms with E-state index in [1.54, 1.807) is 18.2 Å². The molecule has 94 valence electrons. The molecule has 0 aliphatic heterocycles. The Balaban J connectivity index is 2.66. The van der Waals surface area contributed by atoms with Gasteiger partial charge in [0.1, 0.15) is 6.10 Å². The van der Waals surface area contributed by atoms with Crippen molar-refractivity contribution >= 4 is 16.9 Å². The molecule has 0 spiro atoms. The van der Waals surface area contributed by atoms with Crippen LogP contribution in [0, 0.1) is 0 Å². The second kappa shape index (κ2) is 6.70. The van der Waals surface area contributed by atoms with Crippen LogP contribution >= 0.6 is 11.8 Å². The van der Waals surface area contributed by atoms with E-state index in [2.05, 4.69) is 4.98 Å². The van der Waals surface area contributed by atoms with E-state index < -0.39 is 12.2 Å². The monoisotopic (exact) mass is 257 g/mol. The topological polar surface area (TPSA) is 90.7 Å². The third-order valence-corrected chi connectivity index (χ3v) is 3.03. The van der Waals surface area contributed by atoms with Crippen molar-refractivity contribution in [2.75, 3.05) is 5.75 Å². The van der Waals surface area contributed by atoms with E-state index in [0.29, 0.717) is 5.69 Å². The Morgan fingerprint density at radius 1 is 1.47 bits per heavy atom. The first kappa shape index (κ1) is 14.1. The van der Waals surface area contributed by atoms with Crippen molar-refractivity contribution in [1.82, 2.24) is 4.98 Å². The van der Waals surface area contributed by atoms with Crippen LogP contribution in [0.2, 0.25) is 0 Å². The molecule has 0 fully saturated rings. The predicted molar refractivity (Wildman–Crippen MR) is 64.3 cm³/mol. The van der Waals surface area contributed by atoms with E-state index in [1.807, 2.05) is 0 Å². The van der Waals surface area contributed by atoms with Crippen LogP contribution in [0.25, 0.3) is 0 Å². The maximum atomic E-state index is 10.7. The van der Waals surface area contributed by atoms with Gasteiger partial charge >= 0.3 is 0 Å². The van der Waals surface area contributed by atoms with E-state index in [9.17, 15) is 15.0 Å². The van der Waals surface area contributed by atoms with Crippen LogP contribution in [-0.4, -0.2) is 37.3 Å². The molecule has 17 heavy (non-hydrogen) atoms. The zero-order valence-electron chi connectivity index (χ0n) is 9.41. The van der Waals surface area contributed by atoms with Gasteiger partial charge in [-0.2, -0.15) is 0 Å².